The minimum absolute atomic E-state index is 0.281. The first-order valence-electron chi connectivity index (χ1n) is 8.25. The van der Waals surface area contributed by atoms with Crippen LogP contribution in [-0.2, 0) is 11.3 Å². The molecule has 26 heavy (non-hydrogen) atoms. The van der Waals surface area contributed by atoms with E-state index in [2.05, 4.69) is 0 Å². The molecule has 0 bridgehead atoms. The van der Waals surface area contributed by atoms with Gasteiger partial charge in [0.2, 0.25) is 5.91 Å². The lowest BCUT2D eigenvalue weighted by Crippen LogP contribution is -2.41. The number of hydrogen-bond donors (Lipinski definition) is 0. The van der Waals surface area contributed by atoms with Crippen LogP contribution in [0.1, 0.15) is 31.8 Å². The smallest absolute Gasteiger partial charge is 0.262 e. The van der Waals surface area contributed by atoms with Crippen LogP contribution in [0.3, 0.4) is 0 Å². The van der Waals surface area contributed by atoms with Crippen LogP contribution in [0.2, 0.25) is 0 Å². The number of ether oxygens (including phenoxy) is 1. The molecule has 134 valence electrons. The van der Waals surface area contributed by atoms with Crippen molar-refractivity contribution in [1.29, 1.82) is 0 Å². The van der Waals surface area contributed by atoms with E-state index >= 15 is 0 Å². The largest absolute Gasteiger partial charge is 0.496 e. The van der Waals surface area contributed by atoms with Crippen molar-refractivity contribution >= 4 is 17.7 Å². The van der Waals surface area contributed by atoms with Gasteiger partial charge in [-0.25, -0.2) is 0 Å². The monoisotopic (exact) mass is 352 g/mol. The molecule has 2 aromatic carbocycles. The Balaban J connectivity index is 1.72. The van der Waals surface area contributed by atoms with Crippen molar-refractivity contribution in [3.8, 4) is 5.75 Å². The number of carbonyl (C=O) groups excluding carboxylic acids is 3. The van der Waals surface area contributed by atoms with Gasteiger partial charge in [-0.05, 0) is 25.1 Å². The van der Waals surface area contributed by atoms with Gasteiger partial charge < -0.3 is 9.64 Å². The van der Waals surface area contributed by atoms with E-state index in [0.29, 0.717) is 23.4 Å². The summed E-state index contributed by atoms with van der Waals surface area (Å²) in [5.41, 5.74) is 2.61. The highest BCUT2D eigenvalue weighted by Crippen LogP contribution is 2.23. The van der Waals surface area contributed by atoms with Crippen LogP contribution in [0.4, 0.5) is 0 Å². The fourth-order valence-electron chi connectivity index (χ4n) is 3.01. The Bertz CT molecular complexity index is 856. The van der Waals surface area contributed by atoms with E-state index < -0.39 is 11.8 Å². The molecule has 0 radical (unpaired) electrons. The maximum Gasteiger partial charge on any atom is 0.262 e. The minimum atomic E-state index is -0.430. The maximum atomic E-state index is 12.6. The highest BCUT2D eigenvalue weighted by Gasteiger charge is 2.36. The topological polar surface area (TPSA) is 66.9 Å². The third kappa shape index (κ3) is 3.18. The molecule has 0 aliphatic carbocycles. The summed E-state index contributed by atoms with van der Waals surface area (Å²) in [6, 6.07) is 12.3. The predicted molar refractivity (Wildman–Crippen MR) is 96.0 cm³/mol. The van der Waals surface area contributed by atoms with Gasteiger partial charge in [-0.15, -0.1) is 0 Å². The second-order valence-corrected chi connectivity index (χ2v) is 6.31. The van der Waals surface area contributed by atoms with Crippen LogP contribution in [0, 0.1) is 6.92 Å². The third-order valence-electron chi connectivity index (χ3n) is 4.44. The van der Waals surface area contributed by atoms with E-state index in [-0.39, 0.29) is 12.5 Å². The first-order chi connectivity index (χ1) is 12.4. The van der Waals surface area contributed by atoms with Gasteiger partial charge in [-0.3, -0.25) is 19.3 Å². The first-order valence-corrected chi connectivity index (χ1v) is 8.25. The number of likely N-dealkylation sites (N-methyl/N-ethyl adjacent to an activating group) is 1. The molecular weight excluding hydrogens is 332 g/mol. The summed E-state index contributed by atoms with van der Waals surface area (Å²) < 4.78 is 5.33. The molecule has 1 aliphatic rings. The molecule has 0 saturated carbocycles. The van der Waals surface area contributed by atoms with Crippen LogP contribution in [0.5, 0.6) is 5.75 Å². The number of fused-ring (bicyclic) bond motifs is 1. The second kappa shape index (κ2) is 7.00. The molecule has 0 fully saturated rings. The molecule has 1 aliphatic heterocycles. The number of hydrogen-bond acceptors (Lipinski definition) is 4. The first kappa shape index (κ1) is 17.7. The highest BCUT2D eigenvalue weighted by molar-refractivity contribution is 6.22. The number of aryl methyl sites for hydroxylation is 1. The molecule has 0 atom stereocenters. The summed E-state index contributed by atoms with van der Waals surface area (Å²) >= 11 is 0. The van der Waals surface area contributed by atoms with E-state index in [1.807, 2.05) is 25.1 Å². The van der Waals surface area contributed by atoms with E-state index in [1.54, 1.807) is 38.4 Å². The number of amides is 3. The van der Waals surface area contributed by atoms with Crippen molar-refractivity contribution in [2.75, 3.05) is 20.7 Å². The van der Waals surface area contributed by atoms with Crippen molar-refractivity contribution in [1.82, 2.24) is 9.80 Å². The van der Waals surface area contributed by atoms with Crippen molar-refractivity contribution in [3.63, 3.8) is 0 Å². The fraction of sp³-hybridized carbons (Fsp3) is 0.250. The van der Waals surface area contributed by atoms with Crippen molar-refractivity contribution < 1.29 is 19.1 Å². The van der Waals surface area contributed by atoms with Gasteiger partial charge in [-0.1, -0.05) is 29.8 Å². The SMILES string of the molecule is COc1ccc(C)cc1CN(C)C(=O)CN1C(=O)c2ccccc2C1=O. The normalized spacial score (nSPS) is 13.0. The number of rotatable bonds is 5. The summed E-state index contributed by atoms with van der Waals surface area (Å²) in [5, 5.41) is 0. The minimum Gasteiger partial charge on any atom is -0.496 e. The summed E-state index contributed by atoms with van der Waals surface area (Å²) in [4.78, 5) is 39.8. The maximum absolute atomic E-state index is 12.6. The number of carbonyl (C=O) groups is 3. The molecule has 6 heteroatoms. The van der Waals surface area contributed by atoms with Gasteiger partial charge in [0.15, 0.2) is 0 Å². The molecule has 3 rings (SSSR count). The molecule has 0 aromatic heterocycles. The van der Waals surface area contributed by atoms with Gasteiger partial charge in [-0.2, -0.15) is 0 Å². The molecule has 0 saturated heterocycles. The standard InChI is InChI=1S/C20H20N2O4/c1-13-8-9-17(26-3)14(10-13)11-21(2)18(23)12-22-19(24)15-6-4-5-7-16(15)20(22)25/h4-10H,11-12H2,1-3H3. The molecule has 2 aromatic rings. The Morgan fingerprint density at radius 3 is 2.27 bits per heavy atom. The Kier molecular flexibility index (Phi) is 4.75. The molecule has 3 amide bonds. The highest BCUT2D eigenvalue weighted by atomic mass is 16.5. The van der Waals surface area contributed by atoms with Crippen molar-refractivity contribution in [2.45, 2.75) is 13.5 Å². The number of benzene rings is 2. The van der Waals surface area contributed by atoms with E-state index in [0.717, 1.165) is 16.0 Å². The Morgan fingerprint density at radius 2 is 1.69 bits per heavy atom. The summed E-state index contributed by atoms with van der Waals surface area (Å²) in [5.74, 6) is -0.486. The summed E-state index contributed by atoms with van der Waals surface area (Å²) in [7, 11) is 3.22. The Labute approximate surface area is 152 Å². The number of nitrogens with zero attached hydrogens (tertiary/aromatic N) is 2. The molecule has 1 heterocycles. The lowest BCUT2D eigenvalue weighted by molar-refractivity contribution is -0.130. The molecule has 6 nitrogen and oxygen atoms in total. The molecular formula is C20H20N2O4. The van der Waals surface area contributed by atoms with Crippen LogP contribution in [0.15, 0.2) is 42.5 Å². The van der Waals surface area contributed by atoms with E-state index in [4.69, 9.17) is 4.74 Å². The van der Waals surface area contributed by atoms with Gasteiger partial charge in [0.25, 0.3) is 11.8 Å². The quantitative estimate of drug-likeness (QED) is 0.774. The zero-order valence-corrected chi connectivity index (χ0v) is 15.0. The lowest BCUT2D eigenvalue weighted by atomic mass is 10.1. The van der Waals surface area contributed by atoms with Gasteiger partial charge in [0.05, 0.1) is 18.2 Å². The van der Waals surface area contributed by atoms with Crippen molar-refractivity contribution in [2.24, 2.45) is 0 Å². The van der Waals surface area contributed by atoms with Crippen LogP contribution >= 0.6 is 0 Å². The van der Waals surface area contributed by atoms with Gasteiger partial charge in [0.1, 0.15) is 12.3 Å². The van der Waals surface area contributed by atoms with Crippen molar-refractivity contribution in [3.05, 3.63) is 64.7 Å². The fourth-order valence-corrected chi connectivity index (χ4v) is 3.01. The van der Waals surface area contributed by atoms with Gasteiger partial charge >= 0.3 is 0 Å². The zero-order chi connectivity index (χ0) is 18.8. The molecule has 0 unspecified atom stereocenters. The molecule has 0 spiro atoms. The lowest BCUT2D eigenvalue weighted by Gasteiger charge is -2.22. The molecule has 0 N–H and O–H groups in total. The zero-order valence-electron chi connectivity index (χ0n) is 15.0. The van der Waals surface area contributed by atoms with Crippen LogP contribution in [-0.4, -0.2) is 48.2 Å². The summed E-state index contributed by atoms with van der Waals surface area (Å²) in [6.07, 6.45) is 0. The predicted octanol–water partition coefficient (Wildman–Crippen LogP) is 2.26. The average Bonchev–Trinajstić information content (AvgIpc) is 2.87. The van der Waals surface area contributed by atoms with Gasteiger partial charge in [0, 0.05) is 19.2 Å². The van der Waals surface area contributed by atoms with Crippen LogP contribution in [0.25, 0.3) is 0 Å². The van der Waals surface area contributed by atoms with E-state index in [9.17, 15) is 14.4 Å². The second-order valence-electron chi connectivity index (χ2n) is 6.31. The summed E-state index contributed by atoms with van der Waals surface area (Å²) in [6.45, 7) is 2.01. The van der Waals surface area contributed by atoms with E-state index in [1.165, 1.54) is 4.90 Å². The Hall–Kier alpha value is -3.15. The Morgan fingerprint density at radius 1 is 1.08 bits per heavy atom. The third-order valence-corrected chi connectivity index (χ3v) is 4.44. The number of imide groups is 1. The van der Waals surface area contributed by atoms with Crippen LogP contribution < -0.4 is 4.74 Å². The average molecular weight is 352 g/mol. The number of methoxy groups -OCH3 is 1.